The number of benzene rings is 1. The van der Waals surface area contributed by atoms with Gasteiger partial charge in [-0.05, 0) is 30.9 Å². The summed E-state index contributed by atoms with van der Waals surface area (Å²) in [6.07, 6.45) is 2.39. The highest BCUT2D eigenvalue weighted by Gasteiger charge is 2.29. The number of nitrogens with two attached hydrogens (primary N) is 1. The van der Waals surface area contributed by atoms with Crippen molar-refractivity contribution in [3.8, 4) is 0 Å². The zero-order chi connectivity index (χ0) is 13.7. The van der Waals surface area contributed by atoms with Crippen molar-refractivity contribution in [2.45, 2.75) is 38.8 Å². The van der Waals surface area contributed by atoms with Gasteiger partial charge in [0, 0.05) is 24.6 Å². The number of nitrogens with zero attached hydrogens (tertiary/aromatic N) is 3. The molecule has 102 valence electrons. The molecule has 0 bridgehead atoms. The Morgan fingerprint density at radius 2 is 1.75 bits per heavy atom. The molecule has 1 aliphatic heterocycles. The van der Waals surface area contributed by atoms with Gasteiger partial charge in [0.1, 0.15) is 17.5 Å². The van der Waals surface area contributed by atoms with E-state index in [9.17, 15) is 0 Å². The van der Waals surface area contributed by atoms with Gasteiger partial charge in [-0.25, -0.2) is 9.97 Å². The standard InChI is InChI=1S/C16H18N4/c1-10-14(17)18-15(11-6-7-11)19-16(10)20-8-12-4-2-3-5-13(12)9-20/h2-5,11H,6-9H2,1H3,(H2,17,18,19). The summed E-state index contributed by atoms with van der Waals surface area (Å²) in [4.78, 5) is 11.6. The molecule has 0 saturated heterocycles. The lowest BCUT2D eigenvalue weighted by molar-refractivity contribution is 0.820. The van der Waals surface area contributed by atoms with Crippen LogP contribution in [0.3, 0.4) is 0 Å². The predicted octanol–water partition coefficient (Wildman–Crippen LogP) is 2.76. The second kappa shape index (κ2) is 4.20. The first kappa shape index (κ1) is 11.7. The highest BCUT2D eigenvalue weighted by Crippen LogP contribution is 2.40. The lowest BCUT2D eigenvalue weighted by Crippen LogP contribution is -2.19. The van der Waals surface area contributed by atoms with Gasteiger partial charge in [0.15, 0.2) is 0 Å². The number of anilines is 2. The van der Waals surface area contributed by atoms with Gasteiger partial charge in [-0.1, -0.05) is 24.3 Å². The quantitative estimate of drug-likeness (QED) is 0.908. The highest BCUT2D eigenvalue weighted by atomic mass is 15.2. The third-order valence-corrected chi connectivity index (χ3v) is 4.26. The molecule has 2 aromatic rings. The van der Waals surface area contributed by atoms with Gasteiger partial charge in [0.2, 0.25) is 0 Å². The molecule has 0 radical (unpaired) electrons. The molecule has 1 aromatic heterocycles. The van der Waals surface area contributed by atoms with Crippen molar-refractivity contribution in [1.29, 1.82) is 0 Å². The summed E-state index contributed by atoms with van der Waals surface area (Å²) in [7, 11) is 0. The monoisotopic (exact) mass is 266 g/mol. The van der Waals surface area contributed by atoms with Crippen molar-refractivity contribution in [2.75, 3.05) is 10.6 Å². The Labute approximate surface area is 118 Å². The summed E-state index contributed by atoms with van der Waals surface area (Å²) in [6.45, 7) is 3.85. The summed E-state index contributed by atoms with van der Waals surface area (Å²) >= 11 is 0. The molecule has 4 nitrogen and oxygen atoms in total. The molecule has 4 heteroatoms. The van der Waals surface area contributed by atoms with E-state index >= 15 is 0 Å². The van der Waals surface area contributed by atoms with Crippen LogP contribution in [-0.2, 0) is 13.1 Å². The van der Waals surface area contributed by atoms with Gasteiger partial charge in [-0.3, -0.25) is 0 Å². The van der Waals surface area contributed by atoms with Crippen molar-refractivity contribution >= 4 is 11.6 Å². The van der Waals surface area contributed by atoms with Crippen LogP contribution in [0.5, 0.6) is 0 Å². The predicted molar refractivity (Wildman–Crippen MR) is 79.5 cm³/mol. The van der Waals surface area contributed by atoms with E-state index in [0.717, 1.165) is 30.3 Å². The molecule has 2 aliphatic rings. The maximum atomic E-state index is 6.08. The van der Waals surface area contributed by atoms with E-state index in [4.69, 9.17) is 10.7 Å². The number of aromatic nitrogens is 2. The molecular formula is C16H18N4. The van der Waals surface area contributed by atoms with Crippen LogP contribution < -0.4 is 10.6 Å². The minimum atomic E-state index is 0.529. The molecule has 0 unspecified atom stereocenters. The molecule has 1 saturated carbocycles. The lowest BCUT2D eigenvalue weighted by atomic mass is 10.1. The second-order valence-corrected chi connectivity index (χ2v) is 5.81. The summed E-state index contributed by atoms with van der Waals surface area (Å²) < 4.78 is 0. The van der Waals surface area contributed by atoms with E-state index in [-0.39, 0.29) is 0 Å². The van der Waals surface area contributed by atoms with Gasteiger partial charge in [-0.2, -0.15) is 0 Å². The van der Waals surface area contributed by atoms with Gasteiger partial charge in [0.05, 0.1) is 0 Å². The molecular weight excluding hydrogens is 248 g/mol. The molecule has 4 rings (SSSR count). The molecule has 1 aromatic carbocycles. The Hall–Kier alpha value is -2.10. The van der Waals surface area contributed by atoms with Crippen LogP contribution in [-0.4, -0.2) is 9.97 Å². The fourth-order valence-electron chi connectivity index (χ4n) is 2.85. The van der Waals surface area contributed by atoms with Crippen LogP contribution in [0.2, 0.25) is 0 Å². The fraction of sp³-hybridized carbons (Fsp3) is 0.375. The summed E-state index contributed by atoms with van der Waals surface area (Å²) in [5.41, 5.74) is 9.86. The van der Waals surface area contributed by atoms with Crippen LogP contribution in [0.4, 0.5) is 11.6 Å². The number of fused-ring (bicyclic) bond motifs is 1. The van der Waals surface area contributed by atoms with Crippen LogP contribution in [0.25, 0.3) is 0 Å². The van der Waals surface area contributed by atoms with Crippen LogP contribution >= 0.6 is 0 Å². The Bertz CT molecular complexity index is 651. The van der Waals surface area contributed by atoms with Gasteiger partial charge < -0.3 is 10.6 Å². The first-order valence-corrected chi connectivity index (χ1v) is 7.18. The average Bonchev–Trinajstić information content (AvgIpc) is 3.20. The van der Waals surface area contributed by atoms with Gasteiger partial charge >= 0.3 is 0 Å². The minimum absolute atomic E-state index is 0.529. The molecule has 0 atom stereocenters. The fourth-order valence-corrected chi connectivity index (χ4v) is 2.85. The summed E-state index contributed by atoms with van der Waals surface area (Å²) in [5.74, 6) is 3.10. The Morgan fingerprint density at radius 3 is 2.35 bits per heavy atom. The van der Waals surface area contributed by atoms with Gasteiger partial charge in [-0.15, -0.1) is 0 Å². The number of rotatable bonds is 2. The third-order valence-electron chi connectivity index (χ3n) is 4.26. The van der Waals surface area contributed by atoms with E-state index < -0.39 is 0 Å². The average molecular weight is 266 g/mol. The summed E-state index contributed by atoms with van der Waals surface area (Å²) in [5, 5.41) is 0. The largest absolute Gasteiger partial charge is 0.383 e. The van der Waals surface area contributed by atoms with Gasteiger partial charge in [0.25, 0.3) is 0 Å². The smallest absolute Gasteiger partial charge is 0.137 e. The number of hydrogen-bond acceptors (Lipinski definition) is 4. The molecule has 1 aliphatic carbocycles. The normalized spacial score (nSPS) is 17.4. The first-order chi connectivity index (χ1) is 9.72. The number of hydrogen-bond donors (Lipinski definition) is 1. The van der Waals surface area contributed by atoms with Crippen LogP contribution in [0.15, 0.2) is 24.3 Å². The summed E-state index contributed by atoms with van der Waals surface area (Å²) in [6, 6.07) is 8.58. The number of nitrogen functional groups attached to an aromatic ring is 1. The lowest BCUT2D eigenvalue weighted by Gasteiger charge is -2.20. The van der Waals surface area contributed by atoms with Crippen molar-refractivity contribution in [3.63, 3.8) is 0 Å². The van der Waals surface area contributed by atoms with E-state index in [1.807, 2.05) is 6.92 Å². The molecule has 2 N–H and O–H groups in total. The maximum Gasteiger partial charge on any atom is 0.137 e. The molecule has 0 spiro atoms. The molecule has 2 heterocycles. The van der Waals surface area contributed by atoms with Crippen molar-refractivity contribution in [2.24, 2.45) is 0 Å². The third kappa shape index (κ3) is 1.83. The maximum absolute atomic E-state index is 6.08. The van der Waals surface area contributed by atoms with Crippen LogP contribution in [0.1, 0.15) is 41.3 Å². The highest BCUT2D eigenvalue weighted by molar-refractivity contribution is 5.59. The van der Waals surface area contributed by atoms with E-state index in [1.165, 1.54) is 24.0 Å². The molecule has 0 amide bonds. The van der Waals surface area contributed by atoms with E-state index in [0.29, 0.717) is 11.7 Å². The Morgan fingerprint density at radius 1 is 1.10 bits per heavy atom. The zero-order valence-corrected chi connectivity index (χ0v) is 11.6. The molecule has 20 heavy (non-hydrogen) atoms. The zero-order valence-electron chi connectivity index (χ0n) is 11.6. The minimum Gasteiger partial charge on any atom is -0.383 e. The first-order valence-electron chi connectivity index (χ1n) is 7.18. The van der Waals surface area contributed by atoms with E-state index in [2.05, 4.69) is 34.1 Å². The second-order valence-electron chi connectivity index (χ2n) is 5.81. The molecule has 1 fully saturated rings. The van der Waals surface area contributed by atoms with Crippen molar-refractivity contribution in [3.05, 3.63) is 46.8 Å². The SMILES string of the molecule is Cc1c(N)nc(C2CC2)nc1N1Cc2ccccc2C1. The Kier molecular flexibility index (Phi) is 2.46. The topological polar surface area (TPSA) is 55.0 Å². The van der Waals surface area contributed by atoms with Crippen LogP contribution in [0, 0.1) is 6.92 Å². The Balaban J connectivity index is 1.73. The van der Waals surface area contributed by atoms with Crippen molar-refractivity contribution in [1.82, 2.24) is 9.97 Å². The van der Waals surface area contributed by atoms with Crippen molar-refractivity contribution < 1.29 is 0 Å². The van der Waals surface area contributed by atoms with E-state index in [1.54, 1.807) is 0 Å².